The van der Waals surface area contributed by atoms with Gasteiger partial charge < -0.3 is 43.0 Å². The average Bonchev–Trinajstić information content (AvgIpc) is 3.78. The van der Waals surface area contributed by atoms with Gasteiger partial charge in [-0.05, 0) is 50.3 Å². The molecule has 1 aliphatic heterocycles. The number of piperazine rings is 1. The quantitative estimate of drug-likeness (QED) is 0.116. The monoisotopic (exact) mass is 752 g/mol. The summed E-state index contributed by atoms with van der Waals surface area (Å²) in [6.45, 7) is 11.2. The number of anilines is 1. The van der Waals surface area contributed by atoms with Gasteiger partial charge in [0.05, 0.1) is 90.3 Å². The molecule has 14 nitrogen and oxygen atoms in total. The van der Waals surface area contributed by atoms with Gasteiger partial charge in [-0.2, -0.15) is 5.10 Å². The highest BCUT2D eigenvalue weighted by atomic mass is 16.6. The number of hydrogen-bond acceptors (Lipinski definition) is 12. The minimum Gasteiger partial charge on any atom is -0.488 e. The fourth-order valence-corrected chi connectivity index (χ4v) is 6.89. The van der Waals surface area contributed by atoms with E-state index in [1.54, 1.807) is 6.33 Å². The Kier molecular flexibility index (Phi) is 16.1. The molecule has 54 heavy (non-hydrogen) atoms. The zero-order valence-electron chi connectivity index (χ0n) is 32.1. The summed E-state index contributed by atoms with van der Waals surface area (Å²) in [6, 6.07) is 7.97. The summed E-state index contributed by atoms with van der Waals surface area (Å²) in [5.74, 6) is 2.61. The second kappa shape index (κ2) is 21.6. The third-order valence-corrected chi connectivity index (χ3v) is 10.4. The Hall–Kier alpha value is -3.40. The Bertz CT molecular complexity index is 1540. The van der Waals surface area contributed by atoms with Crippen LogP contribution in [0, 0.1) is 5.92 Å². The molecule has 0 radical (unpaired) electrons. The third kappa shape index (κ3) is 13.1. The first-order valence-corrected chi connectivity index (χ1v) is 20.1. The van der Waals surface area contributed by atoms with Crippen molar-refractivity contribution < 1.29 is 38.0 Å². The van der Waals surface area contributed by atoms with Crippen molar-refractivity contribution in [3.8, 4) is 17.1 Å². The lowest BCUT2D eigenvalue weighted by Crippen LogP contribution is -2.49. The lowest BCUT2D eigenvalue weighted by molar-refractivity contribution is -0.132. The molecule has 0 atom stereocenters. The molecule has 0 bridgehead atoms. The van der Waals surface area contributed by atoms with Crippen molar-refractivity contribution in [2.75, 3.05) is 110 Å². The van der Waals surface area contributed by atoms with Gasteiger partial charge in [-0.1, -0.05) is 32.1 Å². The molecule has 0 spiro atoms. The van der Waals surface area contributed by atoms with Gasteiger partial charge in [-0.25, -0.2) is 9.97 Å². The third-order valence-electron chi connectivity index (χ3n) is 10.4. The lowest BCUT2D eigenvalue weighted by Gasteiger charge is -2.35. The SMILES string of the molecule is CC1(Oc2ccc3[nH]nc(-c4cc(N5CCN(C(=O)CCOCCOCCOCCOCCOCCOCCC6CCCCC6)CC5)ncn4)c3c2)CC1. The summed E-state index contributed by atoms with van der Waals surface area (Å²) < 4.78 is 39.8. The summed E-state index contributed by atoms with van der Waals surface area (Å²) in [4.78, 5) is 26.0. The molecule has 2 aliphatic carbocycles. The van der Waals surface area contributed by atoms with Crippen LogP contribution >= 0.6 is 0 Å². The molecule has 1 N–H and O–H groups in total. The highest BCUT2D eigenvalue weighted by Gasteiger charge is 2.40. The van der Waals surface area contributed by atoms with Gasteiger partial charge in [0.25, 0.3) is 0 Å². The van der Waals surface area contributed by atoms with Crippen molar-refractivity contribution in [3.05, 3.63) is 30.6 Å². The molecule has 298 valence electrons. The largest absolute Gasteiger partial charge is 0.488 e. The van der Waals surface area contributed by atoms with Gasteiger partial charge in [0.2, 0.25) is 5.91 Å². The molecule has 2 saturated carbocycles. The molecule has 2 aromatic heterocycles. The topological polar surface area (TPSA) is 143 Å². The maximum absolute atomic E-state index is 12.8. The first-order valence-electron chi connectivity index (χ1n) is 20.1. The number of amides is 1. The van der Waals surface area contributed by atoms with Gasteiger partial charge in [0.1, 0.15) is 29.2 Å². The summed E-state index contributed by atoms with van der Waals surface area (Å²) in [6.07, 6.45) is 12.2. The van der Waals surface area contributed by atoms with Gasteiger partial charge in [-0.3, -0.25) is 9.89 Å². The number of aromatic amines is 1. The predicted molar refractivity (Wildman–Crippen MR) is 205 cm³/mol. The fourth-order valence-electron chi connectivity index (χ4n) is 6.89. The number of aromatic nitrogens is 4. The number of nitrogens with zero attached hydrogens (tertiary/aromatic N) is 5. The van der Waals surface area contributed by atoms with Crippen LogP contribution in [0.5, 0.6) is 5.75 Å². The van der Waals surface area contributed by atoms with Crippen LogP contribution in [0.3, 0.4) is 0 Å². The van der Waals surface area contributed by atoms with Gasteiger partial charge in [-0.15, -0.1) is 0 Å². The molecule has 3 aromatic rings. The molecule has 3 aliphatic rings. The molecule has 14 heteroatoms. The van der Waals surface area contributed by atoms with Crippen LogP contribution in [0.25, 0.3) is 22.3 Å². The Balaban J connectivity index is 0.739. The molecule has 6 rings (SSSR count). The molecule has 3 heterocycles. The number of H-pyrrole nitrogens is 1. The van der Waals surface area contributed by atoms with E-state index in [2.05, 4.69) is 32.0 Å². The fraction of sp³-hybridized carbons (Fsp3) is 0.700. The number of ether oxygens (including phenoxy) is 7. The maximum Gasteiger partial charge on any atom is 0.225 e. The highest BCUT2D eigenvalue weighted by molar-refractivity contribution is 5.93. The van der Waals surface area contributed by atoms with E-state index in [4.69, 9.17) is 33.2 Å². The van der Waals surface area contributed by atoms with E-state index in [0.29, 0.717) is 105 Å². The summed E-state index contributed by atoms with van der Waals surface area (Å²) >= 11 is 0. The van der Waals surface area contributed by atoms with E-state index in [0.717, 1.165) is 59.2 Å². The van der Waals surface area contributed by atoms with Gasteiger partial charge in [0.15, 0.2) is 0 Å². The zero-order valence-corrected chi connectivity index (χ0v) is 32.1. The minimum absolute atomic E-state index is 0.0568. The number of hydrogen-bond donors (Lipinski definition) is 1. The van der Waals surface area contributed by atoms with Gasteiger partial charge >= 0.3 is 0 Å². The summed E-state index contributed by atoms with van der Waals surface area (Å²) in [5.41, 5.74) is 2.38. The molecule has 0 unspecified atom stereocenters. The molecule has 1 saturated heterocycles. The standard InChI is InChI=1S/C40H60N6O8/c1-40(11-12-40)54-33-7-8-35-34(29-33)39(44-43-35)36-30-37(42-31-41-36)45-13-15-46(16-14-45)38(47)10-18-49-20-22-51-24-26-53-28-27-52-25-23-50-21-19-48-17-9-32-5-3-2-4-6-32/h7-8,29-32H,2-6,9-28H2,1H3,(H,43,44). The van der Waals surface area contributed by atoms with Crippen molar-refractivity contribution in [1.29, 1.82) is 0 Å². The van der Waals surface area contributed by atoms with Crippen LogP contribution < -0.4 is 9.64 Å². The van der Waals surface area contributed by atoms with E-state index in [-0.39, 0.29) is 11.5 Å². The Morgan fingerprint density at radius 3 is 2.00 bits per heavy atom. The zero-order chi connectivity index (χ0) is 37.3. The minimum atomic E-state index is -0.0568. The number of carbonyl (C=O) groups is 1. The predicted octanol–water partition coefficient (Wildman–Crippen LogP) is 5.06. The van der Waals surface area contributed by atoms with Crippen LogP contribution in [-0.4, -0.2) is 142 Å². The smallest absolute Gasteiger partial charge is 0.225 e. The van der Waals surface area contributed by atoms with E-state index in [9.17, 15) is 4.79 Å². The van der Waals surface area contributed by atoms with Crippen LogP contribution in [0.1, 0.15) is 64.7 Å². The number of carbonyl (C=O) groups excluding carboxylic acids is 1. The highest BCUT2D eigenvalue weighted by Crippen LogP contribution is 2.40. The van der Waals surface area contributed by atoms with Crippen LogP contribution in [0.2, 0.25) is 0 Å². The average molecular weight is 753 g/mol. The van der Waals surface area contributed by atoms with Crippen molar-refractivity contribution in [2.24, 2.45) is 5.92 Å². The number of benzene rings is 1. The molecule has 1 amide bonds. The normalized spacial score (nSPS) is 17.4. The molecule has 3 fully saturated rings. The van der Waals surface area contributed by atoms with E-state index < -0.39 is 0 Å². The lowest BCUT2D eigenvalue weighted by atomic mass is 9.87. The number of fused-ring (bicyclic) bond motifs is 1. The summed E-state index contributed by atoms with van der Waals surface area (Å²) in [7, 11) is 0. The van der Waals surface area contributed by atoms with Gasteiger partial charge in [0, 0.05) is 44.2 Å². The van der Waals surface area contributed by atoms with Crippen molar-refractivity contribution in [2.45, 2.75) is 70.3 Å². The number of nitrogens with one attached hydrogen (secondary N) is 1. The number of rotatable bonds is 25. The molecular weight excluding hydrogens is 692 g/mol. The van der Waals surface area contributed by atoms with Crippen molar-refractivity contribution in [1.82, 2.24) is 25.1 Å². The van der Waals surface area contributed by atoms with Crippen LogP contribution in [0.15, 0.2) is 30.6 Å². The van der Waals surface area contributed by atoms with Crippen molar-refractivity contribution >= 4 is 22.6 Å². The molecule has 1 aromatic carbocycles. The second-order valence-corrected chi connectivity index (χ2v) is 14.7. The van der Waals surface area contributed by atoms with E-state index in [1.807, 2.05) is 29.2 Å². The van der Waals surface area contributed by atoms with Crippen molar-refractivity contribution in [3.63, 3.8) is 0 Å². The van der Waals surface area contributed by atoms with E-state index in [1.165, 1.54) is 38.5 Å². The van der Waals surface area contributed by atoms with E-state index >= 15 is 0 Å². The Labute approximate surface area is 319 Å². The summed E-state index contributed by atoms with van der Waals surface area (Å²) in [5, 5.41) is 8.63. The molecular formula is C40H60N6O8. The first kappa shape index (κ1) is 40.3. The second-order valence-electron chi connectivity index (χ2n) is 14.7. The Morgan fingerprint density at radius 1 is 0.759 bits per heavy atom. The van der Waals surface area contributed by atoms with Crippen LogP contribution in [-0.2, 0) is 33.2 Å². The maximum atomic E-state index is 12.8. The first-order chi connectivity index (χ1) is 26.6. The Morgan fingerprint density at radius 2 is 1.37 bits per heavy atom. The van der Waals surface area contributed by atoms with Crippen LogP contribution in [0.4, 0.5) is 5.82 Å².